The molecule has 1 atom stereocenters. The normalized spacial score (nSPS) is 21.1. The summed E-state index contributed by atoms with van der Waals surface area (Å²) in [6.45, 7) is 1.39. The smallest absolute Gasteiger partial charge is 0.336 e. The second kappa shape index (κ2) is 5.85. The fourth-order valence-electron chi connectivity index (χ4n) is 3.19. The predicted octanol–water partition coefficient (Wildman–Crippen LogP) is 2.23. The van der Waals surface area contributed by atoms with Gasteiger partial charge in [0.15, 0.2) is 0 Å². The maximum atomic E-state index is 12.5. The lowest BCUT2D eigenvalue weighted by atomic mass is 9.95. The second-order valence-electron chi connectivity index (χ2n) is 5.60. The molecule has 1 aromatic carbocycles. The van der Waals surface area contributed by atoms with Crippen molar-refractivity contribution in [2.75, 3.05) is 18.1 Å². The summed E-state index contributed by atoms with van der Waals surface area (Å²) in [7, 11) is 0. The first kappa shape index (κ1) is 14.1. The summed E-state index contributed by atoms with van der Waals surface area (Å²) >= 11 is 0. The van der Waals surface area contributed by atoms with Crippen LogP contribution in [-0.4, -0.2) is 36.2 Å². The minimum Gasteiger partial charge on any atom is -0.478 e. The number of aromatic carboxylic acids is 1. The summed E-state index contributed by atoms with van der Waals surface area (Å²) in [4.78, 5) is 25.5. The number of hydrogen-bond donors (Lipinski definition) is 1. The van der Waals surface area contributed by atoms with Crippen molar-refractivity contribution in [2.24, 2.45) is 0 Å². The molecule has 3 rings (SSSR count). The van der Waals surface area contributed by atoms with Crippen LogP contribution in [0.1, 0.15) is 41.6 Å². The van der Waals surface area contributed by atoms with Crippen LogP contribution in [0, 0.1) is 0 Å². The van der Waals surface area contributed by atoms with Crippen molar-refractivity contribution in [1.29, 1.82) is 0 Å². The van der Waals surface area contributed by atoms with E-state index in [1.165, 1.54) is 0 Å². The third kappa shape index (κ3) is 2.78. The maximum absolute atomic E-state index is 12.5. The largest absolute Gasteiger partial charge is 0.478 e. The second-order valence-corrected chi connectivity index (χ2v) is 5.60. The summed E-state index contributed by atoms with van der Waals surface area (Å²) in [5.74, 6) is -0.898. The fourth-order valence-corrected chi connectivity index (χ4v) is 3.19. The molecule has 0 spiro atoms. The van der Waals surface area contributed by atoms with E-state index in [9.17, 15) is 14.7 Å². The number of nitrogens with zero attached hydrogens (tertiary/aromatic N) is 1. The van der Waals surface area contributed by atoms with Crippen molar-refractivity contribution in [3.05, 3.63) is 29.3 Å². The van der Waals surface area contributed by atoms with Crippen LogP contribution in [0.3, 0.4) is 0 Å². The molecule has 0 saturated carbocycles. The van der Waals surface area contributed by atoms with Gasteiger partial charge in [-0.05, 0) is 43.4 Å². The first-order chi connectivity index (χ1) is 10.2. The number of fused-ring (bicyclic) bond motifs is 1. The van der Waals surface area contributed by atoms with Crippen molar-refractivity contribution in [3.63, 3.8) is 0 Å². The minimum absolute atomic E-state index is 0.0190. The average Bonchev–Trinajstić information content (AvgIpc) is 2.98. The zero-order valence-electron chi connectivity index (χ0n) is 11.9. The Hall–Kier alpha value is -1.88. The summed E-state index contributed by atoms with van der Waals surface area (Å²) in [5.41, 5.74) is 1.84. The summed E-state index contributed by atoms with van der Waals surface area (Å²) in [6, 6.07) is 5.16. The topological polar surface area (TPSA) is 66.8 Å². The van der Waals surface area contributed by atoms with Gasteiger partial charge in [0.1, 0.15) is 0 Å². The van der Waals surface area contributed by atoms with Crippen molar-refractivity contribution >= 4 is 17.6 Å². The number of rotatable bonds is 3. The van der Waals surface area contributed by atoms with Crippen LogP contribution >= 0.6 is 0 Å². The highest BCUT2D eigenvalue weighted by Crippen LogP contribution is 2.31. The number of carboxylic acid groups (broad SMARTS) is 1. The first-order valence-electron chi connectivity index (χ1n) is 7.44. The van der Waals surface area contributed by atoms with Gasteiger partial charge in [-0.3, -0.25) is 4.79 Å². The minimum atomic E-state index is -0.930. The van der Waals surface area contributed by atoms with E-state index in [0.717, 1.165) is 37.1 Å². The quantitative estimate of drug-likeness (QED) is 0.926. The highest BCUT2D eigenvalue weighted by Gasteiger charge is 2.28. The van der Waals surface area contributed by atoms with Crippen molar-refractivity contribution in [1.82, 2.24) is 0 Å². The van der Waals surface area contributed by atoms with Gasteiger partial charge in [0.25, 0.3) is 0 Å². The van der Waals surface area contributed by atoms with Gasteiger partial charge in [0, 0.05) is 18.8 Å². The maximum Gasteiger partial charge on any atom is 0.336 e. The van der Waals surface area contributed by atoms with Gasteiger partial charge in [-0.15, -0.1) is 0 Å². The monoisotopic (exact) mass is 289 g/mol. The van der Waals surface area contributed by atoms with Crippen LogP contribution in [0.4, 0.5) is 5.69 Å². The van der Waals surface area contributed by atoms with Crippen molar-refractivity contribution in [2.45, 2.75) is 38.2 Å². The van der Waals surface area contributed by atoms with Crippen LogP contribution < -0.4 is 4.90 Å². The lowest BCUT2D eigenvalue weighted by Crippen LogP contribution is -2.37. The summed E-state index contributed by atoms with van der Waals surface area (Å²) in [5, 5.41) is 9.27. The van der Waals surface area contributed by atoms with Crippen molar-refractivity contribution in [3.8, 4) is 0 Å². The number of hydrogen-bond acceptors (Lipinski definition) is 3. The van der Waals surface area contributed by atoms with Crippen LogP contribution in [0.2, 0.25) is 0 Å². The lowest BCUT2D eigenvalue weighted by molar-refractivity contribution is -0.120. The van der Waals surface area contributed by atoms with E-state index in [0.29, 0.717) is 24.9 Å². The molecule has 1 fully saturated rings. The average molecular weight is 289 g/mol. The van der Waals surface area contributed by atoms with Crippen LogP contribution in [-0.2, 0) is 16.0 Å². The molecule has 5 nitrogen and oxygen atoms in total. The van der Waals surface area contributed by atoms with Gasteiger partial charge in [0.2, 0.25) is 5.91 Å². The van der Waals surface area contributed by atoms with E-state index in [2.05, 4.69) is 0 Å². The molecular weight excluding hydrogens is 270 g/mol. The van der Waals surface area contributed by atoms with E-state index in [-0.39, 0.29) is 12.0 Å². The van der Waals surface area contributed by atoms with E-state index < -0.39 is 5.97 Å². The van der Waals surface area contributed by atoms with Crippen LogP contribution in [0.25, 0.3) is 0 Å². The summed E-state index contributed by atoms with van der Waals surface area (Å²) < 4.78 is 5.52. The van der Waals surface area contributed by atoms with Crippen molar-refractivity contribution < 1.29 is 19.4 Å². The van der Waals surface area contributed by atoms with Crippen LogP contribution in [0.15, 0.2) is 18.2 Å². The van der Waals surface area contributed by atoms with E-state index in [1.54, 1.807) is 17.0 Å². The molecule has 2 heterocycles. The molecule has 1 unspecified atom stereocenters. The molecule has 112 valence electrons. The van der Waals surface area contributed by atoms with Gasteiger partial charge >= 0.3 is 5.97 Å². The Morgan fingerprint density at radius 1 is 1.33 bits per heavy atom. The lowest BCUT2D eigenvalue weighted by Gasteiger charge is -2.31. The van der Waals surface area contributed by atoms with Crippen LogP contribution in [0.5, 0.6) is 0 Å². The standard InChI is InChI=1S/C16H19NO4/c18-15(10-11-4-3-9-21-11)17-8-2-6-12-13(16(19)20)5-1-7-14(12)17/h1,5,7,11H,2-4,6,8-10H2,(H,19,20). The molecule has 2 aliphatic rings. The zero-order valence-corrected chi connectivity index (χ0v) is 11.9. The van der Waals surface area contributed by atoms with E-state index >= 15 is 0 Å². The Morgan fingerprint density at radius 2 is 2.19 bits per heavy atom. The molecular formula is C16H19NO4. The third-order valence-corrected chi connectivity index (χ3v) is 4.21. The number of amides is 1. The Morgan fingerprint density at radius 3 is 2.90 bits per heavy atom. The number of carbonyl (C=O) groups excluding carboxylic acids is 1. The number of anilines is 1. The molecule has 1 N–H and O–H groups in total. The molecule has 1 aromatic rings. The van der Waals surface area contributed by atoms with Gasteiger partial charge in [-0.25, -0.2) is 4.79 Å². The molecule has 1 saturated heterocycles. The SMILES string of the molecule is O=C(O)c1cccc2c1CCCN2C(=O)CC1CCCO1. The van der Waals surface area contributed by atoms with E-state index in [4.69, 9.17) is 4.74 Å². The highest BCUT2D eigenvalue weighted by molar-refractivity contribution is 5.98. The molecule has 0 aliphatic carbocycles. The molecule has 21 heavy (non-hydrogen) atoms. The Balaban J connectivity index is 1.84. The summed E-state index contributed by atoms with van der Waals surface area (Å²) in [6.07, 6.45) is 3.86. The number of benzene rings is 1. The number of carboxylic acids is 1. The first-order valence-corrected chi connectivity index (χ1v) is 7.44. The Kier molecular flexibility index (Phi) is 3.92. The van der Waals surface area contributed by atoms with Gasteiger partial charge in [-0.1, -0.05) is 6.07 Å². The van der Waals surface area contributed by atoms with Gasteiger partial charge < -0.3 is 14.7 Å². The molecule has 0 bridgehead atoms. The predicted molar refractivity (Wildman–Crippen MR) is 77.7 cm³/mol. The van der Waals surface area contributed by atoms with Gasteiger partial charge in [0.05, 0.1) is 18.1 Å². The Bertz CT molecular complexity index is 563. The number of ether oxygens (including phenoxy) is 1. The number of carbonyl (C=O) groups is 2. The van der Waals surface area contributed by atoms with E-state index in [1.807, 2.05) is 6.07 Å². The third-order valence-electron chi connectivity index (χ3n) is 4.21. The van der Waals surface area contributed by atoms with Gasteiger partial charge in [-0.2, -0.15) is 0 Å². The highest BCUT2D eigenvalue weighted by atomic mass is 16.5. The fraction of sp³-hybridized carbons (Fsp3) is 0.500. The Labute approximate surface area is 123 Å². The molecule has 0 radical (unpaired) electrons. The molecule has 1 amide bonds. The molecule has 5 heteroatoms. The molecule has 0 aromatic heterocycles. The zero-order chi connectivity index (χ0) is 14.8. The molecule has 2 aliphatic heterocycles.